The fraction of sp³-hybridized carbons (Fsp3) is 0.235. The van der Waals surface area contributed by atoms with Gasteiger partial charge in [0.05, 0.1) is 0 Å². The fourth-order valence-corrected chi connectivity index (χ4v) is 2.61. The maximum Gasteiger partial charge on any atom is 0.254 e. The van der Waals surface area contributed by atoms with Gasteiger partial charge in [0.15, 0.2) is 0 Å². The summed E-state index contributed by atoms with van der Waals surface area (Å²) < 4.78 is 1.04. The van der Waals surface area contributed by atoms with E-state index < -0.39 is 0 Å². The maximum atomic E-state index is 12.5. The van der Waals surface area contributed by atoms with Gasteiger partial charge < -0.3 is 4.90 Å². The Bertz CT molecular complexity index is 636. The quantitative estimate of drug-likeness (QED) is 0.731. The minimum absolute atomic E-state index is 0.0663. The molecule has 0 bridgehead atoms. The van der Waals surface area contributed by atoms with Crippen LogP contribution in [0.3, 0.4) is 0 Å². The number of fused-ring (bicyclic) bond motifs is 1. The van der Waals surface area contributed by atoms with Crippen molar-refractivity contribution in [2.45, 2.75) is 13.3 Å². The Morgan fingerprint density at radius 2 is 1.95 bits per heavy atom. The standard InChI is InChI=1S/C17H18BrNO/c1-3-9-19(10-4-2)17(20)15-6-5-14-12-16(18)8-7-13(14)11-15/h3,5-8,11-12H,1,4,9-10H2,2H3. The van der Waals surface area contributed by atoms with Gasteiger partial charge >= 0.3 is 0 Å². The van der Waals surface area contributed by atoms with E-state index in [9.17, 15) is 4.79 Å². The zero-order chi connectivity index (χ0) is 14.5. The molecule has 0 heterocycles. The highest BCUT2D eigenvalue weighted by molar-refractivity contribution is 9.10. The molecule has 0 radical (unpaired) electrons. The van der Waals surface area contributed by atoms with E-state index in [4.69, 9.17) is 0 Å². The Morgan fingerprint density at radius 3 is 2.65 bits per heavy atom. The van der Waals surface area contributed by atoms with E-state index >= 15 is 0 Å². The van der Waals surface area contributed by atoms with Gasteiger partial charge in [0.2, 0.25) is 0 Å². The highest BCUT2D eigenvalue weighted by Crippen LogP contribution is 2.21. The molecule has 0 saturated heterocycles. The molecule has 2 aromatic carbocycles. The molecule has 20 heavy (non-hydrogen) atoms. The Morgan fingerprint density at radius 1 is 1.25 bits per heavy atom. The number of benzene rings is 2. The fourth-order valence-electron chi connectivity index (χ4n) is 2.23. The van der Waals surface area contributed by atoms with Crippen molar-refractivity contribution in [3.63, 3.8) is 0 Å². The van der Waals surface area contributed by atoms with Gasteiger partial charge in [-0.2, -0.15) is 0 Å². The van der Waals surface area contributed by atoms with Crippen molar-refractivity contribution in [2.24, 2.45) is 0 Å². The van der Waals surface area contributed by atoms with Crippen LogP contribution in [0.25, 0.3) is 10.8 Å². The molecule has 1 amide bonds. The summed E-state index contributed by atoms with van der Waals surface area (Å²) in [5.74, 6) is 0.0663. The predicted molar refractivity (Wildman–Crippen MR) is 88.0 cm³/mol. The molecule has 2 rings (SSSR count). The lowest BCUT2D eigenvalue weighted by Crippen LogP contribution is -2.31. The normalized spacial score (nSPS) is 10.5. The van der Waals surface area contributed by atoms with Crippen LogP contribution in [0.1, 0.15) is 23.7 Å². The molecule has 0 spiro atoms. The number of hydrogen-bond acceptors (Lipinski definition) is 1. The number of carbonyl (C=O) groups excluding carboxylic acids is 1. The topological polar surface area (TPSA) is 20.3 Å². The molecule has 0 saturated carbocycles. The van der Waals surface area contributed by atoms with Crippen molar-refractivity contribution in [2.75, 3.05) is 13.1 Å². The summed E-state index contributed by atoms with van der Waals surface area (Å²) in [6.45, 7) is 7.13. The van der Waals surface area contributed by atoms with E-state index in [0.717, 1.165) is 33.8 Å². The number of halogens is 1. The first-order chi connectivity index (χ1) is 9.65. The van der Waals surface area contributed by atoms with Gasteiger partial charge in [-0.1, -0.05) is 41.1 Å². The molecule has 0 atom stereocenters. The molecule has 0 aliphatic carbocycles. The number of amides is 1. The van der Waals surface area contributed by atoms with E-state index in [0.29, 0.717) is 6.54 Å². The van der Waals surface area contributed by atoms with Crippen LogP contribution in [0.4, 0.5) is 0 Å². The summed E-state index contributed by atoms with van der Waals surface area (Å²) in [5, 5.41) is 2.20. The monoisotopic (exact) mass is 331 g/mol. The summed E-state index contributed by atoms with van der Waals surface area (Å²) in [4.78, 5) is 14.3. The van der Waals surface area contributed by atoms with Crippen LogP contribution in [0.5, 0.6) is 0 Å². The molecule has 0 aromatic heterocycles. The Labute approximate surface area is 128 Å². The number of nitrogens with zero attached hydrogens (tertiary/aromatic N) is 1. The van der Waals surface area contributed by atoms with Crippen molar-refractivity contribution in [3.05, 3.63) is 59.1 Å². The molecule has 0 fully saturated rings. The molecule has 0 aliphatic rings. The van der Waals surface area contributed by atoms with E-state index in [-0.39, 0.29) is 5.91 Å². The maximum absolute atomic E-state index is 12.5. The first kappa shape index (κ1) is 14.8. The van der Waals surface area contributed by atoms with Crippen molar-refractivity contribution in [1.82, 2.24) is 4.90 Å². The smallest absolute Gasteiger partial charge is 0.254 e. The summed E-state index contributed by atoms with van der Waals surface area (Å²) in [6.07, 6.45) is 2.71. The van der Waals surface area contributed by atoms with Gasteiger partial charge in [-0.3, -0.25) is 4.79 Å². The highest BCUT2D eigenvalue weighted by Gasteiger charge is 2.13. The second-order valence-corrected chi connectivity index (χ2v) is 5.66. The van der Waals surface area contributed by atoms with E-state index in [1.807, 2.05) is 35.2 Å². The van der Waals surface area contributed by atoms with Gasteiger partial charge in [0, 0.05) is 23.1 Å². The zero-order valence-corrected chi connectivity index (χ0v) is 13.2. The first-order valence-corrected chi connectivity index (χ1v) is 7.54. The number of rotatable bonds is 5. The second-order valence-electron chi connectivity index (χ2n) is 4.75. The summed E-state index contributed by atoms with van der Waals surface area (Å²) >= 11 is 3.46. The molecule has 3 heteroatoms. The number of carbonyl (C=O) groups is 1. The minimum atomic E-state index is 0.0663. The van der Waals surface area contributed by atoms with Gasteiger partial charge in [0.1, 0.15) is 0 Å². The molecule has 0 N–H and O–H groups in total. The Hall–Kier alpha value is -1.61. The third-order valence-corrected chi connectivity index (χ3v) is 3.67. The van der Waals surface area contributed by atoms with Gasteiger partial charge in [-0.15, -0.1) is 6.58 Å². The van der Waals surface area contributed by atoms with Crippen LogP contribution in [-0.4, -0.2) is 23.9 Å². The van der Waals surface area contributed by atoms with Crippen LogP contribution >= 0.6 is 15.9 Å². The Kier molecular flexibility index (Phi) is 4.96. The molecule has 0 unspecified atom stereocenters. The number of hydrogen-bond donors (Lipinski definition) is 0. The molecule has 0 aliphatic heterocycles. The van der Waals surface area contributed by atoms with E-state index in [1.165, 1.54) is 0 Å². The largest absolute Gasteiger partial charge is 0.335 e. The third-order valence-electron chi connectivity index (χ3n) is 3.18. The molecular weight excluding hydrogens is 314 g/mol. The molecule has 2 aromatic rings. The average molecular weight is 332 g/mol. The zero-order valence-electron chi connectivity index (χ0n) is 11.6. The Balaban J connectivity index is 2.33. The van der Waals surface area contributed by atoms with Crippen LogP contribution in [0, 0.1) is 0 Å². The summed E-state index contributed by atoms with van der Waals surface area (Å²) in [6, 6.07) is 11.9. The first-order valence-electron chi connectivity index (χ1n) is 6.75. The molecular formula is C17H18BrNO. The van der Waals surface area contributed by atoms with Gasteiger partial charge in [-0.05, 0) is 41.5 Å². The summed E-state index contributed by atoms with van der Waals surface area (Å²) in [7, 11) is 0. The molecule has 2 nitrogen and oxygen atoms in total. The van der Waals surface area contributed by atoms with Gasteiger partial charge in [-0.25, -0.2) is 0 Å². The van der Waals surface area contributed by atoms with Crippen LogP contribution in [0.2, 0.25) is 0 Å². The van der Waals surface area contributed by atoms with Crippen molar-refractivity contribution in [3.8, 4) is 0 Å². The minimum Gasteiger partial charge on any atom is -0.335 e. The van der Waals surface area contributed by atoms with Crippen molar-refractivity contribution in [1.29, 1.82) is 0 Å². The summed E-state index contributed by atoms with van der Waals surface area (Å²) in [5.41, 5.74) is 0.732. The SMILES string of the molecule is C=CCN(CCC)C(=O)c1ccc2cc(Br)ccc2c1. The highest BCUT2D eigenvalue weighted by atomic mass is 79.9. The molecule has 104 valence electrons. The second kappa shape index (κ2) is 6.71. The third kappa shape index (κ3) is 3.28. The lowest BCUT2D eigenvalue weighted by Gasteiger charge is -2.20. The van der Waals surface area contributed by atoms with Crippen molar-refractivity contribution < 1.29 is 4.79 Å². The van der Waals surface area contributed by atoms with E-state index in [2.05, 4.69) is 35.5 Å². The van der Waals surface area contributed by atoms with Crippen molar-refractivity contribution >= 4 is 32.6 Å². The van der Waals surface area contributed by atoms with Crippen LogP contribution < -0.4 is 0 Å². The van der Waals surface area contributed by atoms with Gasteiger partial charge in [0.25, 0.3) is 5.91 Å². The van der Waals surface area contributed by atoms with E-state index in [1.54, 1.807) is 6.08 Å². The predicted octanol–water partition coefficient (Wildman–Crippen LogP) is 4.64. The van der Waals surface area contributed by atoms with Crippen LogP contribution in [-0.2, 0) is 0 Å². The lowest BCUT2D eigenvalue weighted by molar-refractivity contribution is 0.0774. The lowest BCUT2D eigenvalue weighted by atomic mass is 10.1. The van der Waals surface area contributed by atoms with Crippen LogP contribution in [0.15, 0.2) is 53.5 Å². The average Bonchev–Trinajstić information content (AvgIpc) is 2.45.